The van der Waals surface area contributed by atoms with Gasteiger partial charge < -0.3 is 31.2 Å². The van der Waals surface area contributed by atoms with Crippen LogP contribution in [0.1, 0.15) is 51.5 Å². The summed E-state index contributed by atoms with van der Waals surface area (Å²) in [5, 5.41) is 3.77. The summed E-state index contributed by atoms with van der Waals surface area (Å²) in [5.74, 6) is -1.24. The van der Waals surface area contributed by atoms with Gasteiger partial charge in [-0.2, -0.15) is 4.37 Å². The van der Waals surface area contributed by atoms with Crippen LogP contribution in [0.4, 0.5) is 11.4 Å². The van der Waals surface area contributed by atoms with Crippen molar-refractivity contribution in [3.05, 3.63) is 70.9 Å². The van der Waals surface area contributed by atoms with Gasteiger partial charge >= 0.3 is 0 Å². The fourth-order valence-corrected chi connectivity index (χ4v) is 5.57. The van der Waals surface area contributed by atoms with E-state index in [0.717, 1.165) is 35.3 Å². The standard InChI is InChI=1S/C28H30N6O5S/c1-2-38-17-11-9-16(10-12-17)34(28(37)25-22(29)23(26(30)35)33-40-25)24(27(36)32-14-18-6-5-13-39-18)20-15-31-21-8-4-3-7-19(20)21/h3-4,7-12,15,18,24,31H,2,5-6,13-14,29H2,1H3,(H2,30,35)(H,32,36)/t18-,24-/m0/s1. The number of benzene rings is 2. The van der Waals surface area contributed by atoms with Gasteiger partial charge in [0, 0.05) is 41.5 Å². The molecule has 3 amide bonds. The molecule has 1 aliphatic heterocycles. The van der Waals surface area contributed by atoms with Crippen LogP contribution in [0.3, 0.4) is 0 Å². The van der Waals surface area contributed by atoms with E-state index in [1.165, 1.54) is 4.90 Å². The molecule has 4 aromatic rings. The Bertz CT molecular complexity index is 1530. The van der Waals surface area contributed by atoms with Gasteiger partial charge in [-0.1, -0.05) is 18.2 Å². The molecule has 2 aromatic heterocycles. The molecule has 1 saturated heterocycles. The summed E-state index contributed by atoms with van der Waals surface area (Å²) < 4.78 is 15.3. The molecular formula is C28H30N6O5S. The lowest BCUT2D eigenvalue weighted by Crippen LogP contribution is -2.45. The maximum absolute atomic E-state index is 14.3. The van der Waals surface area contributed by atoms with E-state index in [0.29, 0.717) is 36.8 Å². The molecule has 11 nitrogen and oxygen atoms in total. The summed E-state index contributed by atoms with van der Waals surface area (Å²) in [6, 6.07) is 13.3. The Morgan fingerprint density at radius 3 is 2.67 bits per heavy atom. The largest absolute Gasteiger partial charge is 0.494 e. The quantitative estimate of drug-likeness (QED) is 0.230. The maximum atomic E-state index is 14.3. The van der Waals surface area contributed by atoms with Crippen LogP contribution in [0.15, 0.2) is 54.7 Å². The Balaban J connectivity index is 1.63. The number of amides is 3. The molecule has 2 aromatic carbocycles. The molecule has 1 aliphatic rings. The molecule has 5 rings (SSSR count). The number of H-pyrrole nitrogens is 1. The predicted octanol–water partition coefficient (Wildman–Crippen LogP) is 3.39. The Hall–Kier alpha value is -4.42. The lowest BCUT2D eigenvalue weighted by atomic mass is 10.0. The number of carbonyl (C=O) groups is 3. The van der Waals surface area contributed by atoms with Crippen molar-refractivity contribution in [2.24, 2.45) is 5.73 Å². The van der Waals surface area contributed by atoms with E-state index in [-0.39, 0.29) is 22.4 Å². The minimum Gasteiger partial charge on any atom is -0.494 e. The number of nitrogens with two attached hydrogens (primary N) is 2. The zero-order valence-corrected chi connectivity index (χ0v) is 22.7. The maximum Gasteiger partial charge on any atom is 0.273 e. The van der Waals surface area contributed by atoms with Gasteiger partial charge in [0.25, 0.3) is 11.8 Å². The molecule has 0 aliphatic carbocycles. The number of nitrogens with one attached hydrogen (secondary N) is 2. The number of carbonyl (C=O) groups excluding carboxylic acids is 3. The van der Waals surface area contributed by atoms with E-state index in [2.05, 4.69) is 14.7 Å². The second-order valence-corrected chi connectivity index (χ2v) is 10.1. The van der Waals surface area contributed by atoms with Crippen molar-refractivity contribution in [2.75, 3.05) is 30.4 Å². The molecule has 1 fully saturated rings. The molecule has 2 atom stereocenters. The third-order valence-corrected chi connectivity index (χ3v) is 7.60. The van der Waals surface area contributed by atoms with Crippen molar-refractivity contribution in [1.82, 2.24) is 14.7 Å². The van der Waals surface area contributed by atoms with Crippen molar-refractivity contribution in [2.45, 2.75) is 31.9 Å². The van der Waals surface area contributed by atoms with Crippen LogP contribution in [-0.2, 0) is 9.53 Å². The van der Waals surface area contributed by atoms with Gasteiger partial charge in [-0.25, -0.2) is 0 Å². The smallest absolute Gasteiger partial charge is 0.273 e. The first-order valence-corrected chi connectivity index (χ1v) is 13.7. The summed E-state index contributed by atoms with van der Waals surface area (Å²) in [6.07, 6.45) is 3.39. The van der Waals surface area contributed by atoms with Gasteiger partial charge in [0.1, 0.15) is 16.7 Å². The van der Waals surface area contributed by atoms with Crippen molar-refractivity contribution in [3.63, 3.8) is 0 Å². The molecule has 208 valence electrons. The molecule has 0 bridgehead atoms. The predicted molar refractivity (Wildman–Crippen MR) is 152 cm³/mol. The Kier molecular flexibility index (Phi) is 7.99. The monoisotopic (exact) mass is 562 g/mol. The second kappa shape index (κ2) is 11.8. The van der Waals surface area contributed by atoms with Gasteiger partial charge in [-0.05, 0) is 61.6 Å². The van der Waals surface area contributed by atoms with Crippen molar-refractivity contribution in [1.29, 1.82) is 0 Å². The molecular weight excluding hydrogens is 532 g/mol. The number of hydrogen-bond acceptors (Lipinski definition) is 8. The molecule has 0 spiro atoms. The minimum atomic E-state index is -1.11. The first kappa shape index (κ1) is 27.2. The van der Waals surface area contributed by atoms with E-state index in [1.807, 2.05) is 31.2 Å². The average Bonchev–Trinajstić information content (AvgIpc) is 3.71. The highest BCUT2D eigenvalue weighted by atomic mass is 32.1. The highest BCUT2D eigenvalue weighted by molar-refractivity contribution is 7.09. The second-order valence-electron chi connectivity index (χ2n) is 9.31. The van der Waals surface area contributed by atoms with Crippen LogP contribution < -0.4 is 26.4 Å². The molecule has 0 unspecified atom stereocenters. The molecule has 40 heavy (non-hydrogen) atoms. The van der Waals surface area contributed by atoms with E-state index in [1.54, 1.807) is 30.5 Å². The number of nitrogen functional groups attached to an aromatic ring is 1. The Labute approximate surface area is 234 Å². The number of hydrogen-bond donors (Lipinski definition) is 4. The zero-order chi connectivity index (χ0) is 28.2. The van der Waals surface area contributed by atoms with Crippen molar-refractivity contribution in [3.8, 4) is 5.75 Å². The molecule has 12 heteroatoms. The Morgan fingerprint density at radius 1 is 1.23 bits per heavy atom. The fourth-order valence-electron chi connectivity index (χ4n) is 4.83. The average molecular weight is 563 g/mol. The van der Waals surface area contributed by atoms with E-state index >= 15 is 0 Å². The summed E-state index contributed by atoms with van der Waals surface area (Å²) in [7, 11) is 0. The van der Waals surface area contributed by atoms with Crippen LogP contribution >= 0.6 is 11.5 Å². The van der Waals surface area contributed by atoms with Crippen LogP contribution in [-0.4, -0.2) is 52.9 Å². The number of rotatable bonds is 10. The lowest BCUT2D eigenvalue weighted by Gasteiger charge is -2.31. The van der Waals surface area contributed by atoms with Gasteiger partial charge in [-0.3, -0.25) is 19.3 Å². The zero-order valence-electron chi connectivity index (χ0n) is 21.9. The molecule has 6 N–H and O–H groups in total. The van der Waals surface area contributed by atoms with Crippen LogP contribution in [0.2, 0.25) is 0 Å². The number of fused-ring (bicyclic) bond motifs is 1. The topological polar surface area (TPSA) is 166 Å². The number of anilines is 2. The summed E-state index contributed by atoms with van der Waals surface area (Å²) in [5.41, 5.74) is 13.1. The molecule has 0 radical (unpaired) electrons. The lowest BCUT2D eigenvalue weighted by molar-refractivity contribution is -0.123. The van der Waals surface area contributed by atoms with Gasteiger partial charge in [-0.15, -0.1) is 0 Å². The highest BCUT2D eigenvalue weighted by Crippen LogP contribution is 2.36. The number of nitrogens with zero attached hydrogens (tertiary/aromatic N) is 2. The Morgan fingerprint density at radius 2 is 2.00 bits per heavy atom. The van der Waals surface area contributed by atoms with E-state index < -0.39 is 23.8 Å². The van der Waals surface area contributed by atoms with Crippen LogP contribution in [0.5, 0.6) is 5.75 Å². The summed E-state index contributed by atoms with van der Waals surface area (Å²) in [4.78, 5) is 44.7. The fraction of sp³-hybridized carbons (Fsp3) is 0.286. The van der Waals surface area contributed by atoms with Gasteiger partial charge in [0.15, 0.2) is 5.69 Å². The van der Waals surface area contributed by atoms with Gasteiger partial charge in [0.05, 0.1) is 18.4 Å². The summed E-state index contributed by atoms with van der Waals surface area (Å²) >= 11 is 0.759. The summed E-state index contributed by atoms with van der Waals surface area (Å²) in [6.45, 7) is 3.30. The van der Waals surface area contributed by atoms with Gasteiger partial charge in [0.2, 0.25) is 5.91 Å². The normalized spacial score (nSPS) is 15.6. The third kappa shape index (κ3) is 5.36. The van der Waals surface area contributed by atoms with E-state index in [9.17, 15) is 14.4 Å². The van der Waals surface area contributed by atoms with Crippen LogP contribution in [0, 0.1) is 0 Å². The molecule has 0 saturated carbocycles. The number of ether oxygens (including phenoxy) is 2. The number of primary amides is 1. The van der Waals surface area contributed by atoms with Crippen LogP contribution in [0.25, 0.3) is 10.9 Å². The molecule has 3 heterocycles. The minimum absolute atomic E-state index is 0.000507. The SMILES string of the molecule is CCOc1ccc(N(C(=O)c2snc(C(N)=O)c2N)[C@H](C(=O)NC[C@@H]2CCCO2)c2c[nH]c3ccccc23)cc1. The third-order valence-electron chi connectivity index (χ3n) is 6.75. The number of aromatic amines is 1. The number of aromatic nitrogens is 2. The first-order valence-electron chi connectivity index (χ1n) is 13.0. The number of para-hydroxylation sites is 1. The van der Waals surface area contributed by atoms with Crippen molar-refractivity contribution >= 4 is 51.5 Å². The first-order chi connectivity index (χ1) is 19.4. The van der Waals surface area contributed by atoms with Crippen molar-refractivity contribution < 1.29 is 23.9 Å². The van der Waals surface area contributed by atoms with E-state index in [4.69, 9.17) is 20.9 Å². The highest BCUT2D eigenvalue weighted by Gasteiger charge is 2.37.